The lowest BCUT2D eigenvalue weighted by Gasteiger charge is -2.06. The topological polar surface area (TPSA) is 51.5 Å². The van der Waals surface area contributed by atoms with E-state index in [4.69, 9.17) is 20.8 Å². The lowest BCUT2D eigenvalue weighted by Crippen LogP contribution is -2.12. The molecule has 1 N–H and O–H groups in total. The van der Waals surface area contributed by atoms with Gasteiger partial charge in [-0.3, -0.25) is 4.79 Å². The van der Waals surface area contributed by atoms with Crippen LogP contribution in [0.4, 0.5) is 5.69 Å². The number of halogens is 1. The Morgan fingerprint density at radius 1 is 1.12 bits per heavy atom. The minimum atomic E-state index is -0.0766. The third-order valence-electron chi connectivity index (χ3n) is 4.09. The zero-order chi connectivity index (χ0) is 18.5. The van der Waals surface area contributed by atoms with Crippen LogP contribution in [0.15, 0.2) is 59.0 Å². The number of rotatable bonds is 6. The second-order valence-corrected chi connectivity index (χ2v) is 6.41. The Kier molecular flexibility index (Phi) is 5.64. The van der Waals surface area contributed by atoms with Gasteiger partial charge in [0.15, 0.2) is 0 Å². The highest BCUT2D eigenvalue weighted by molar-refractivity contribution is 6.31. The maximum atomic E-state index is 12.1. The van der Waals surface area contributed by atoms with E-state index in [-0.39, 0.29) is 5.91 Å². The highest BCUT2D eigenvalue weighted by Crippen LogP contribution is 2.25. The Morgan fingerprint density at radius 2 is 1.88 bits per heavy atom. The van der Waals surface area contributed by atoms with Crippen molar-refractivity contribution in [3.05, 3.63) is 70.9 Å². The van der Waals surface area contributed by atoms with Crippen molar-refractivity contribution >= 4 is 23.2 Å². The largest absolute Gasteiger partial charge is 0.497 e. The molecule has 0 aliphatic rings. The third-order valence-corrected chi connectivity index (χ3v) is 4.50. The first-order chi connectivity index (χ1) is 12.5. The highest BCUT2D eigenvalue weighted by atomic mass is 35.5. The van der Waals surface area contributed by atoms with Crippen molar-refractivity contribution in [1.82, 2.24) is 0 Å². The van der Waals surface area contributed by atoms with Gasteiger partial charge in [0.05, 0.1) is 7.11 Å². The first-order valence-corrected chi connectivity index (χ1v) is 8.72. The molecule has 0 bridgehead atoms. The van der Waals surface area contributed by atoms with Crippen LogP contribution in [0.25, 0.3) is 11.3 Å². The molecule has 0 saturated carbocycles. The predicted octanol–water partition coefficient (Wildman–Crippen LogP) is 5.49. The van der Waals surface area contributed by atoms with Gasteiger partial charge >= 0.3 is 0 Å². The Balaban J connectivity index is 1.56. The lowest BCUT2D eigenvalue weighted by molar-refractivity contribution is -0.116. The molecular formula is C21H20ClNO3. The van der Waals surface area contributed by atoms with E-state index < -0.39 is 0 Å². The SMILES string of the molecule is COc1ccc(-c2ccc(CCC(=O)Nc3ccc(C)c(Cl)c3)o2)cc1. The van der Waals surface area contributed by atoms with E-state index >= 15 is 0 Å². The molecule has 1 amide bonds. The number of hydrogen-bond donors (Lipinski definition) is 1. The summed E-state index contributed by atoms with van der Waals surface area (Å²) in [7, 11) is 1.63. The molecule has 0 aliphatic carbocycles. The van der Waals surface area contributed by atoms with Crippen molar-refractivity contribution in [2.45, 2.75) is 19.8 Å². The number of ether oxygens (including phenoxy) is 1. The highest BCUT2D eigenvalue weighted by Gasteiger charge is 2.09. The molecule has 3 rings (SSSR count). The number of aryl methyl sites for hydroxylation is 2. The van der Waals surface area contributed by atoms with Crippen molar-refractivity contribution in [2.24, 2.45) is 0 Å². The number of carbonyl (C=O) groups excluding carboxylic acids is 1. The Morgan fingerprint density at radius 3 is 2.58 bits per heavy atom. The van der Waals surface area contributed by atoms with Crippen LogP contribution < -0.4 is 10.1 Å². The fourth-order valence-electron chi connectivity index (χ4n) is 2.55. The average molecular weight is 370 g/mol. The van der Waals surface area contributed by atoms with E-state index in [0.29, 0.717) is 23.6 Å². The Hall–Kier alpha value is -2.72. The monoisotopic (exact) mass is 369 g/mol. The molecule has 134 valence electrons. The molecule has 1 aromatic heterocycles. The quantitative estimate of drug-likeness (QED) is 0.625. The molecule has 5 heteroatoms. The van der Waals surface area contributed by atoms with E-state index in [2.05, 4.69) is 5.32 Å². The van der Waals surface area contributed by atoms with Gasteiger partial charge in [-0.1, -0.05) is 17.7 Å². The Labute approximate surface area is 157 Å². The van der Waals surface area contributed by atoms with E-state index in [9.17, 15) is 4.79 Å². The van der Waals surface area contributed by atoms with Crippen molar-refractivity contribution in [2.75, 3.05) is 12.4 Å². The van der Waals surface area contributed by atoms with Gasteiger partial charge in [0.1, 0.15) is 17.3 Å². The number of furan rings is 1. The van der Waals surface area contributed by atoms with Gasteiger partial charge in [-0.2, -0.15) is 0 Å². The molecule has 0 aliphatic heterocycles. The number of anilines is 1. The van der Waals surface area contributed by atoms with Crippen LogP contribution in [0.1, 0.15) is 17.7 Å². The average Bonchev–Trinajstić information content (AvgIpc) is 3.12. The van der Waals surface area contributed by atoms with Gasteiger partial charge in [0.25, 0.3) is 0 Å². The summed E-state index contributed by atoms with van der Waals surface area (Å²) < 4.78 is 11.0. The summed E-state index contributed by atoms with van der Waals surface area (Å²) in [5.74, 6) is 2.27. The molecule has 3 aromatic rings. The van der Waals surface area contributed by atoms with Crippen LogP contribution in [0, 0.1) is 6.92 Å². The van der Waals surface area contributed by atoms with Gasteiger partial charge in [-0.05, 0) is 61.0 Å². The van der Waals surface area contributed by atoms with Crippen LogP contribution >= 0.6 is 11.6 Å². The summed E-state index contributed by atoms with van der Waals surface area (Å²) >= 11 is 6.08. The van der Waals surface area contributed by atoms with Crippen molar-refractivity contribution in [3.8, 4) is 17.1 Å². The number of amides is 1. The fourth-order valence-corrected chi connectivity index (χ4v) is 2.73. The minimum Gasteiger partial charge on any atom is -0.497 e. The van der Waals surface area contributed by atoms with Gasteiger partial charge < -0.3 is 14.5 Å². The molecule has 0 spiro atoms. The standard InChI is InChI=1S/C21H20ClNO3/c1-14-3-6-16(13-19(14)22)23-21(24)12-10-18-9-11-20(26-18)15-4-7-17(25-2)8-5-15/h3-9,11,13H,10,12H2,1-2H3,(H,23,24). The molecule has 26 heavy (non-hydrogen) atoms. The van der Waals surface area contributed by atoms with Gasteiger partial charge in [-0.15, -0.1) is 0 Å². The first-order valence-electron chi connectivity index (χ1n) is 8.34. The molecule has 0 saturated heterocycles. The van der Waals surface area contributed by atoms with Crippen LogP contribution in [0.3, 0.4) is 0 Å². The van der Waals surface area contributed by atoms with Gasteiger partial charge in [0, 0.05) is 29.1 Å². The molecule has 2 aromatic carbocycles. The summed E-state index contributed by atoms with van der Waals surface area (Å²) in [4.78, 5) is 12.1. The number of carbonyl (C=O) groups is 1. The molecule has 1 heterocycles. The second kappa shape index (κ2) is 8.11. The van der Waals surface area contributed by atoms with Crippen molar-refractivity contribution in [1.29, 1.82) is 0 Å². The summed E-state index contributed by atoms with van der Waals surface area (Å²) in [6.45, 7) is 1.92. The van der Waals surface area contributed by atoms with E-state index in [0.717, 1.165) is 28.4 Å². The molecular weight excluding hydrogens is 350 g/mol. The van der Waals surface area contributed by atoms with Crippen LogP contribution in [0.2, 0.25) is 5.02 Å². The molecule has 0 atom stereocenters. The molecule has 0 unspecified atom stereocenters. The van der Waals surface area contributed by atoms with E-state index in [1.165, 1.54) is 0 Å². The fraction of sp³-hybridized carbons (Fsp3) is 0.190. The molecule has 0 radical (unpaired) electrons. The lowest BCUT2D eigenvalue weighted by atomic mass is 10.2. The summed E-state index contributed by atoms with van der Waals surface area (Å²) in [6.07, 6.45) is 0.864. The van der Waals surface area contributed by atoms with E-state index in [1.54, 1.807) is 13.2 Å². The molecule has 0 fully saturated rings. The Bertz CT molecular complexity index is 900. The first kappa shape index (κ1) is 18.1. The maximum absolute atomic E-state index is 12.1. The summed E-state index contributed by atoms with van der Waals surface area (Å²) in [5, 5.41) is 3.49. The van der Waals surface area contributed by atoms with Crippen LogP contribution in [0.5, 0.6) is 5.75 Å². The third kappa shape index (κ3) is 4.46. The van der Waals surface area contributed by atoms with Crippen LogP contribution in [-0.2, 0) is 11.2 Å². The number of nitrogens with one attached hydrogen (secondary N) is 1. The van der Waals surface area contributed by atoms with Gasteiger partial charge in [0.2, 0.25) is 5.91 Å². The summed E-state index contributed by atoms with van der Waals surface area (Å²) in [6, 6.07) is 16.9. The van der Waals surface area contributed by atoms with Gasteiger partial charge in [-0.25, -0.2) is 0 Å². The zero-order valence-electron chi connectivity index (χ0n) is 14.7. The van der Waals surface area contributed by atoms with Crippen molar-refractivity contribution < 1.29 is 13.9 Å². The number of hydrogen-bond acceptors (Lipinski definition) is 3. The summed E-state index contributed by atoms with van der Waals surface area (Å²) in [5.41, 5.74) is 2.64. The van der Waals surface area contributed by atoms with Crippen molar-refractivity contribution in [3.63, 3.8) is 0 Å². The number of benzene rings is 2. The predicted molar refractivity (Wildman–Crippen MR) is 104 cm³/mol. The number of methoxy groups -OCH3 is 1. The normalized spacial score (nSPS) is 10.6. The van der Waals surface area contributed by atoms with E-state index in [1.807, 2.05) is 55.5 Å². The molecule has 4 nitrogen and oxygen atoms in total. The second-order valence-electron chi connectivity index (χ2n) is 6.01. The maximum Gasteiger partial charge on any atom is 0.224 e. The zero-order valence-corrected chi connectivity index (χ0v) is 15.5. The van der Waals surface area contributed by atoms with Crippen LogP contribution in [-0.4, -0.2) is 13.0 Å². The minimum absolute atomic E-state index is 0.0766. The smallest absolute Gasteiger partial charge is 0.224 e.